The number of β-lactam (4-membered cyclic amide) rings is 1. The number of hydrazine groups is 2. The number of oxime groups is 1. The van der Waals surface area contributed by atoms with Crippen LogP contribution in [0.15, 0.2) is 22.7 Å². The first-order valence-electron chi connectivity index (χ1n) is 15.2. The Bertz CT molecular complexity index is 2100. The second kappa shape index (κ2) is 14.8. The summed E-state index contributed by atoms with van der Waals surface area (Å²) in [6.07, 6.45) is 0. The quantitative estimate of drug-likeness (QED) is 0.0279. The number of nitrogens with zero attached hydrogens (tertiary/aromatic N) is 5. The first-order chi connectivity index (χ1) is 25.7. The standard InChI is InChI=1S/C28H27ClN10O14S2/c1-27(2,23(48)49)53-36-13(10-7-54-25(30)31-10)17(43)32-14-21(47)37-8-28(24(50)51,55-22(14)37)38-5-6-39(26(38)52)35-20(46)19(45)34-33-18(44)15(41)9-3-4-11(40)16(42)12(9)29/h3-4,7,14,22,40,42H,5-6,8H2,1-2H3,(H2,30,31)(H,32,43)(H,33,44)(H,34,45)(H,35,46)(H,48,49)(H,50,51)/b36-13-/t14?,22-,28-/m1/s1. The highest BCUT2D eigenvalue weighted by Crippen LogP contribution is 2.49. The van der Waals surface area contributed by atoms with E-state index in [1.54, 1.807) is 10.9 Å². The number of nitrogens with two attached hydrogens (primary N) is 1. The second-order valence-corrected chi connectivity index (χ2v) is 14.7. The van der Waals surface area contributed by atoms with E-state index in [1.165, 1.54) is 5.38 Å². The number of fused-ring (bicyclic) bond motifs is 1. The van der Waals surface area contributed by atoms with Gasteiger partial charge in [-0.1, -0.05) is 28.5 Å². The number of thiazole rings is 1. The number of phenols is 2. The monoisotopic (exact) mass is 826 g/mol. The molecule has 10 N–H and O–H groups in total. The van der Waals surface area contributed by atoms with E-state index in [0.717, 1.165) is 47.1 Å². The molecule has 1 aromatic heterocycles. The van der Waals surface area contributed by atoms with E-state index in [0.29, 0.717) is 16.8 Å². The summed E-state index contributed by atoms with van der Waals surface area (Å²) >= 11 is 7.31. The lowest BCUT2D eigenvalue weighted by atomic mass is 10.1. The Balaban J connectivity index is 1.22. The molecule has 0 bridgehead atoms. The number of carboxylic acid groups (broad SMARTS) is 2. The van der Waals surface area contributed by atoms with Crippen LogP contribution in [0.1, 0.15) is 29.9 Å². The molecule has 4 heterocycles. The van der Waals surface area contributed by atoms with Crippen molar-refractivity contribution in [2.75, 3.05) is 25.4 Å². The summed E-state index contributed by atoms with van der Waals surface area (Å²) in [5.74, 6) is -12.3. The summed E-state index contributed by atoms with van der Waals surface area (Å²) in [7, 11) is 0. The van der Waals surface area contributed by atoms with Gasteiger partial charge in [-0.05, 0) is 26.0 Å². The van der Waals surface area contributed by atoms with Crippen molar-refractivity contribution >= 4 is 98.8 Å². The van der Waals surface area contributed by atoms with Gasteiger partial charge in [-0.15, -0.1) is 11.3 Å². The molecule has 5 rings (SSSR count). The number of aliphatic carboxylic acids is 2. The number of carboxylic acids is 2. The topological polar surface area (TPSA) is 353 Å². The lowest BCUT2D eigenvalue weighted by Crippen LogP contribution is -2.68. The number of carbonyl (C=O) groups excluding carboxylic acids is 7. The van der Waals surface area contributed by atoms with Crippen LogP contribution in [-0.4, -0.2) is 141 Å². The molecular formula is C28H27ClN10O14S2. The molecule has 3 saturated heterocycles. The number of anilines is 1. The zero-order valence-corrected chi connectivity index (χ0v) is 30.3. The summed E-state index contributed by atoms with van der Waals surface area (Å²) in [6, 6.07) is -0.685. The summed E-state index contributed by atoms with van der Waals surface area (Å²) in [5.41, 5.74) is 7.80. The second-order valence-electron chi connectivity index (χ2n) is 12.0. The van der Waals surface area contributed by atoms with Gasteiger partial charge in [0.2, 0.25) is 16.4 Å². The van der Waals surface area contributed by atoms with Crippen molar-refractivity contribution in [3.63, 3.8) is 0 Å². The fraction of sp³-hybridized carbons (Fsp3) is 0.321. The Morgan fingerprint density at radius 2 is 1.71 bits per heavy atom. The minimum Gasteiger partial charge on any atom is -0.504 e. The minimum absolute atomic E-state index is 0.0242. The van der Waals surface area contributed by atoms with Gasteiger partial charge >= 0.3 is 35.7 Å². The summed E-state index contributed by atoms with van der Waals surface area (Å²) in [6.45, 7) is 1.07. The normalized spacial score (nSPS) is 20.6. The molecule has 292 valence electrons. The van der Waals surface area contributed by atoms with Crippen molar-refractivity contribution in [1.82, 2.24) is 41.4 Å². The molecule has 1 aromatic carbocycles. The molecule has 2 aromatic rings. The summed E-state index contributed by atoms with van der Waals surface area (Å²) in [4.78, 5) is 122. The molecule has 0 radical (unpaired) electrons. The number of carbonyl (C=O) groups is 9. The first-order valence-corrected chi connectivity index (χ1v) is 17.3. The number of nitrogen functional groups attached to an aromatic ring is 1. The maximum absolute atomic E-state index is 13.4. The Kier molecular flexibility index (Phi) is 10.7. The number of amides is 7. The van der Waals surface area contributed by atoms with Crippen LogP contribution in [0.25, 0.3) is 0 Å². The van der Waals surface area contributed by atoms with Gasteiger partial charge in [0, 0.05) is 11.9 Å². The van der Waals surface area contributed by atoms with Gasteiger partial charge in [0.25, 0.3) is 11.7 Å². The van der Waals surface area contributed by atoms with Crippen LogP contribution in [0.2, 0.25) is 5.02 Å². The van der Waals surface area contributed by atoms with Gasteiger partial charge in [0.1, 0.15) is 17.1 Å². The van der Waals surface area contributed by atoms with Gasteiger partial charge in [0.15, 0.2) is 22.3 Å². The average molecular weight is 827 g/mol. The highest BCUT2D eigenvalue weighted by Gasteiger charge is 2.66. The molecule has 0 spiro atoms. The molecule has 27 heteroatoms. The Morgan fingerprint density at radius 3 is 2.33 bits per heavy atom. The fourth-order valence-electron chi connectivity index (χ4n) is 5.04. The van der Waals surface area contributed by atoms with Crippen LogP contribution in [0.5, 0.6) is 11.5 Å². The van der Waals surface area contributed by atoms with Crippen LogP contribution < -0.4 is 27.3 Å². The van der Waals surface area contributed by atoms with E-state index in [4.69, 9.17) is 22.2 Å². The first kappa shape index (κ1) is 39.8. The number of phenolic OH excluding ortho intramolecular Hbond substituents is 2. The molecule has 3 fully saturated rings. The van der Waals surface area contributed by atoms with Crippen molar-refractivity contribution in [1.29, 1.82) is 0 Å². The molecule has 0 aliphatic carbocycles. The van der Waals surface area contributed by atoms with Crippen molar-refractivity contribution < 1.29 is 68.4 Å². The Labute approximate surface area is 319 Å². The van der Waals surface area contributed by atoms with Crippen LogP contribution in [0.3, 0.4) is 0 Å². The van der Waals surface area contributed by atoms with Crippen molar-refractivity contribution in [3.05, 3.63) is 33.8 Å². The number of hydrogen-bond acceptors (Lipinski definition) is 17. The largest absolute Gasteiger partial charge is 0.504 e. The zero-order valence-electron chi connectivity index (χ0n) is 27.9. The van der Waals surface area contributed by atoms with Crippen LogP contribution in [0.4, 0.5) is 9.93 Å². The van der Waals surface area contributed by atoms with Gasteiger partial charge < -0.3 is 41.2 Å². The smallest absolute Gasteiger partial charge is 0.350 e. The number of rotatable bonds is 11. The highest BCUT2D eigenvalue weighted by molar-refractivity contribution is 8.02. The number of urea groups is 1. The number of ketones is 1. The molecule has 3 atom stereocenters. The number of halogens is 1. The molecule has 7 amide bonds. The van der Waals surface area contributed by atoms with Crippen LogP contribution in [-0.2, 0) is 38.4 Å². The Hall–Kier alpha value is -6.41. The third-order valence-electron chi connectivity index (χ3n) is 8.05. The average Bonchev–Trinajstić information content (AvgIpc) is 3.83. The van der Waals surface area contributed by atoms with Gasteiger partial charge in [-0.3, -0.25) is 49.9 Å². The third-order valence-corrected chi connectivity index (χ3v) is 10.8. The van der Waals surface area contributed by atoms with E-state index in [9.17, 15) is 63.6 Å². The molecular weight excluding hydrogens is 800 g/mol. The van der Waals surface area contributed by atoms with Gasteiger partial charge in [-0.2, -0.15) is 0 Å². The van der Waals surface area contributed by atoms with Crippen molar-refractivity contribution in [2.24, 2.45) is 5.16 Å². The van der Waals surface area contributed by atoms with E-state index in [1.807, 2.05) is 5.43 Å². The number of Topliss-reactive ketones (excluding diaryl/α,β-unsaturated/α-hetero) is 1. The van der Waals surface area contributed by atoms with Gasteiger partial charge in [0.05, 0.1) is 23.7 Å². The SMILES string of the molecule is CC(C)(O/N=C(\C(=O)NC1C(=O)N2C[C@@](C(=O)O)(N3CCN(NC(=O)C(=O)NNC(=O)C(=O)c4ccc(O)c(O)c4Cl)C3=O)S[C@H]12)c1csc(N)n1)C(=O)O. The van der Waals surface area contributed by atoms with E-state index in [-0.39, 0.29) is 23.9 Å². The van der Waals surface area contributed by atoms with Crippen LogP contribution in [0, 0.1) is 0 Å². The van der Waals surface area contributed by atoms with Crippen molar-refractivity contribution in [2.45, 2.75) is 35.7 Å². The predicted molar refractivity (Wildman–Crippen MR) is 184 cm³/mol. The van der Waals surface area contributed by atoms with E-state index in [2.05, 4.69) is 15.5 Å². The number of benzene rings is 1. The molecule has 3 aliphatic rings. The number of aromatic hydroxyl groups is 2. The molecule has 3 aliphatic heterocycles. The van der Waals surface area contributed by atoms with Gasteiger partial charge in [-0.25, -0.2) is 24.4 Å². The fourth-order valence-corrected chi connectivity index (χ4v) is 7.47. The molecule has 0 saturated carbocycles. The van der Waals surface area contributed by atoms with Crippen molar-refractivity contribution in [3.8, 4) is 11.5 Å². The summed E-state index contributed by atoms with van der Waals surface area (Å²) < 4.78 is 0. The summed E-state index contributed by atoms with van der Waals surface area (Å²) in [5, 5.41) is 45.1. The maximum atomic E-state index is 13.4. The Morgan fingerprint density at radius 1 is 1.04 bits per heavy atom. The minimum atomic E-state index is -2.15. The predicted octanol–water partition coefficient (Wildman–Crippen LogP) is -2.65. The van der Waals surface area contributed by atoms with E-state index >= 15 is 0 Å². The number of aromatic nitrogens is 1. The third kappa shape index (κ3) is 7.40. The lowest BCUT2D eigenvalue weighted by molar-refractivity contribution is -0.161. The molecule has 1 unspecified atom stereocenters. The van der Waals surface area contributed by atoms with Crippen LogP contribution >= 0.6 is 34.7 Å². The zero-order chi connectivity index (χ0) is 40.7. The number of hydrogen-bond donors (Lipinski definition) is 9. The number of thioether (sulfide) groups is 1. The highest BCUT2D eigenvalue weighted by atomic mass is 35.5. The lowest BCUT2D eigenvalue weighted by Gasteiger charge is -2.41. The molecule has 24 nitrogen and oxygen atoms in total. The number of nitrogens with one attached hydrogen (secondary N) is 4. The van der Waals surface area contributed by atoms with E-state index < -0.39 is 110 Å². The maximum Gasteiger partial charge on any atom is 0.350 e. The molecule has 55 heavy (non-hydrogen) atoms.